The van der Waals surface area contributed by atoms with E-state index in [0.717, 1.165) is 34.5 Å². The molecule has 0 aromatic heterocycles. The number of ether oxygens (including phenoxy) is 1. The summed E-state index contributed by atoms with van der Waals surface area (Å²) in [5.41, 5.74) is 1.01. The molecule has 0 aliphatic carbocycles. The molecule has 0 fully saturated rings. The van der Waals surface area contributed by atoms with Crippen molar-refractivity contribution in [3.05, 3.63) is 40.9 Å². The third-order valence-corrected chi connectivity index (χ3v) is 4.19. The Labute approximate surface area is 125 Å². The average Bonchev–Trinajstić information content (AvgIpc) is 2.40. The van der Waals surface area contributed by atoms with Crippen LogP contribution in [0.3, 0.4) is 0 Å². The summed E-state index contributed by atoms with van der Waals surface area (Å²) in [4.78, 5) is 0. The molecule has 0 spiro atoms. The molecule has 0 saturated heterocycles. The second-order valence-corrected chi connectivity index (χ2v) is 6.41. The van der Waals surface area contributed by atoms with Crippen LogP contribution in [0, 0.1) is 0 Å². The molecule has 3 heteroatoms. The van der Waals surface area contributed by atoms with Crippen LogP contribution in [0.5, 0.6) is 5.75 Å². The van der Waals surface area contributed by atoms with Crippen molar-refractivity contribution in [1.82, 2.24) is 5.32 Å². The first-order valence-corrected chi connectivity index (χ1v) is 7.53. The maximum absolute atomic E-state index is 6.45. The van der Waals surface area contributed by atoms with Crippen molar-refractivity contribution in [3.8, 4) is 5.75 Å². The first-order chi connectivity index (χ1) is 9.52. The van der Waals surface area contributed by atoms with E-state index in [1.807, 2.05) is 18.2 Å². The van der Waals surface area contributed by atoms with Gasteiger partial charge in [-0.25, -0.2) is 0 Å². The topological polar surface area (TPSA) is 21.3 Å². The van der Waals surface area contributed by atoms with Gasteiger partial charge < -0.3 is 10.1 Å². The van der Waals surface area contributed by atoms with Gasteiger partial charge in [0.1, 0.15) is 11.4 Å². The minimum absolute atomic E-state index is 0.170. The molecule has 0 saturated carbocycles. The van der Waals surface area contributed by atoms with Crippen LogP contribution in [0.15, 0.2) is 30.3 Å². The lowest BCUT2D eigenvalue weighted by Crippen LogP contribution is -2.39. The van der Waals surface area contributed by atoms with Crippen LogP contribution < -0.4 is 10.1 Å². The summed E-state index contributed by atoms with van der Waals surface area (Å²) in [6.45, 7) is 7.35. The van der Waals surface area contributed by atoms with Crippen molar-refractivity contribution < 1.29 is 4.74 Å². The number of fused-ring (bicyclic) bond motifs is 3. The van der Waals surface area contributed by atoms with Crippen LogP contribution >= 0.6 is 11.6 Å². The summed E-state index contributed by atoms with van der Waals surface area (Å²) < 4.78 is 6.27. The highest BCUT2D eigenvalue weighted by atomic mass is 35.5. The van der Waals surface area contributed by atoms with E-state index in [0.29, 0.717) is 6.04 Å². The Kier molecular flexibility index (Phi) is 3.39. The van der Waals surface area contributed by atoms with Crippen LogP contribution in [-0.4, -0.2) is 12.1 Å². The summed E-state index contributed by atoms with van der Waals surface area (Å²) in [6.07, 6.45) is 0.947. The molecule has 1 aliphatic heterocycles. The number of hydrogen-bond donors (Lipinski definition) is 1. The van der Waals surface area contributed by atoms with E-state index in [1.54, 1.807) is 0 Å². The van der Waals surface area contributed by atoms with Gasteiger partial charge in [0.25, 0.3) is 0 Å². The standard InChI is InChI=1S/C17H20ClNO/c1-4-19-15-10-17(2,3)20-16-12-8-6-5-7-11(12)14(18)9-13(15)16/h5-9,15,19H,4,10H2,1-3H3. The fraction of sp³-hybridized carbons (Fsp3) is 0.412. The zero-order chi connectivity index (χ0) is 14.3. The molecule has 1 N–H and O–H groups in total. The van der Waals surface area contributed by atoms with Gasteiger partial charge in [-0.2, -0.15) is 0 Å². The van der Waals surface area contributed by atoms with Gasteiger partial charge in [-0.1, -0.05) is 42.8 Å². The highest BCUT2D eigenvalue weighted by molar-refractivity contribution is 6.36. The smallest absolute Gasteiger partial charge is 0.132 e. The first-order valence-electron chi connectivity index (χ1n) is 7.15. The van der Waals surface area contributed by atoms with E-state index in [9.17, 15) is 0 Å². The zero-order valence-electron chi connectivity index (χ0n) is 12.2. The molecule has 0 radical (unpaired) electrons. The molecule has 1 atom stereocenters. The minimum atomic E-state index is -0.170. The van der Waals surface area contributed by atoms with Gasteiger partial charge in [-0.05, 0) is 26.5 Å². The van der Waals surface area contributed by atoms with Gasteiger partial charge in [-0.3, -0.25) is 0 Å². The SMILES string of the molecule is CCNC1CC(C)(C)Oc2c1cc(Cl)c1ccccc21. The Morgan fingerprint density at radius 2 is 2.00 bits per heavy atom. The van der Waals surface area contributed by atoms with E-state index >= 15 is 0 Å². The van der Waals surface area contributed by atoms with E-state index in [4.69, 9.17) is 16.3 Å². The fourth-order valence-electron chi connectivity index (χ4n) is 3.05. The molecule has 0 amide bonds. The van der Waals surface area contributed by atoms with Crippen molar-refractivity contribution >= 4 is 22.4 Å². The first kappa shape index (κ1) is 13.7. The molecule has 2 nitrogen and oxygen atoms in total. The van der Waals surface area contributed by atoms with Crippen LogP contribution in [0.2, 0.25) is 5.02 Å². The van der Waals surface area contributed by atoms with Gasteiger partial charge in [0.2, 0.25) is 0 Å². The van der Waals surface area contributed by atoms with Crippen LogP contribution in [0.25, 0.3) is 10.8 Å². The molecule has 20 heavy (non-hydrogen) atoms. The maximum atomic E-state index is 6.45. The lowest BCUT2D eigenvalue weighted by atomic mass is 9.88. The number of halogens is 1. The number of hydrogen-bond acceptors (Lipinski definition) is 2. The van der Waals surface area contributed by atoms with Gasteiger partial charge in [-0.15, -0.1) is 0 Å². The monoisotopic (exact) mass is 289 g/mol. The van der Waals surface area contributed by atoms with E-state index in [1.165, 1.54) is 5.56 Å². The predicted octanol–water partition coefficient (Wildman–Crippen LogP) is 4.70. The lowest BCUT2D eigenvalue weighted by Gasteiger charge is -2.38. The molecule has 106 valence electrons. The molecule has 3 rings (SSSR count). The van der Waals surface area contributed by atoms with Crippen molar-refractivity contribution in [2.45, 2.75) is 38.8 Å². The molecule has 2 aromatic carbocycles. The third kappa shape index (κ3) is 2.27. The van der Waals surface area contributed by atoms with Crippen molar-refractivity contribution in [1.29, 1.82) is 0 Å². The molecule has 1 heterocycles. The molecule has 0 bridgehead atoms. The van der Waals surface area contributed by atoms with Gasteiger partial charge in [0.05, 0.1) is 0 Å². The average molecular weight is 290 g/mol. The zero-order valence-corrected chi connectivity index (χ0v) is 12.9. The number of benzene rings is 2. The summed E-state index contributed by atoms with van der Waals surface area (Å²) in [7, 11) is 0. The van der Waals surface area contributed by atoms with E-state index < -0.39 is 0 Å². The highest BCUT2D eigenvalue weighted by Crippen LogP contribution is 2.45. The molecule has 1 unspecified atom stereocenters. The molecule has 2 aromatic rings. The molecule has 1 aliphatic rings. The summed E-state index contributed by atoms with van der Waals surface area (Å²) in [5.74, 6) is 0.979. The van der Waals surface area contributed by atoms with Gasteiger partial charge in [0.15, 0.2) is 0 Å². The van der Waals surface area contributed by atoms with Crippen LogP contribution in [0.1, 0.15) is 38.8 Å². The lowest BCUT2D eigenvalue weighted by molar-refractivity contribution is 0.0685. The molecular formula is C17H20ClNO. The summed E-state index contributed by atoms with van der Waals surface area (Å²) in [6, 6.07) is 10.5. The van der Waals surface area contributed by atoms with Crippen molar-refractivity contribution in [3.63, 3.8) is 0 Å². The Hall–Kier alpha value is -1.25. The van der Waals surface area contributed by atoms with Gasteiger partial charge in [0, 0.05) is 33.8 Å². The highest BCUT2D eigenvalue weighted by Gasteiger charge is 2.34. The maximum Gasteiger partial charge on any atom is 0.132 e. The summed E-state index contributed by atoms with van der Waals surface area (Å²) in [5, 5.41) is 6.51. The molecular weight excluding hydrogens is 270 g/mol. The normalized spacial score (nSPS) is 20.5. The van der Waals surface area contributed by atoms with E-state index in [-0.39, 0.29) is 5.60 Å². The Balaban J connectivity index is 2.25. The van der Waals surface area contributed by atoms with Crippen molar-refractivity contribution in [2.75, 3.05) is 6.54 Å². The third-order valence-electron chi connectivity index (χ3n) is 3.87. The number of rotatable bonds is 2. The fourth-order valence-corrected chi connectivity index (χ4v) is 3.33. The Morgan fingerprint density at radius 1 is 1.30 bits per heavy atom. The van der Waals surface area contributed by atoms with Crippen LogP contribution in [0.4, 0.5) is 0 Å². The second-order valence-electron chi connectivity index (χ2n) is 6.00. The predicted molar refractivity (Wildman–Crippen MR) is 84.7 cm³/mol. The van der Waals surface area contributed by atoms with Crippen molar-refractivity contribution in [2.24, 2.45) is 0 Å². The Bertz CT molecular complexity index is 651. The largest absolute Gasteiger partial charge is 0.487 e. The summed E-state index contributed by atoms with van der Waals surface area (Å²) >= 11 is 6.45. The second kappa shape index (κ2) is 4.94. The van der Waals surface area contributed by atoms with Gasteiger partial charge >= 0.3 is 0 Å². The Morgan fingerprint density at radius 3 is 2.70 bits per heavy atom. The van der Waals surface area contributed by atoms with Crippen LogP contribution in [-0.2, 0) is 0 Å². The minimum Gasteiger partial charge on any atom is -0.487 e. The quantitative estimate of drug-likeness (QED) is 0.865. The van der Waals surface area contributed by atoms with E-state index in [2.05, 4.69) is 38.2 Å². The number of nitrogens with one attached hydrogen (secondary N) is 1.